The van der Waals surface area contributed by atoms with Gasteiger partial charge in [-0.15, -0.1) is 0 Å². The third kappa shape index (κ3) is 3.99. The van der Waals surface area contributed by atoms with Gasteiger partial charge in [0.2, 0.25) is 10.0 Å². The van der Waals surface area contributed by atoms with Gasteiger partial charge in [0.05, 0.1) is 4.99 Å². The molecule has 4 nitrogen and oxygen atoms in total. The Bertz CT molecular complexity index is 337. The van der Waals surface area contributed by atoms with E-state index in [4.69, 9.17) is 18.0 Å². The first-order chi connectivity index (χ1) is 7.10. The molecule has 0 aromatic rings. The zero-order valence-electron chi connectivity index (χ0n) is 10.6. The van der Waals surface area contributed by atoms with Crippen molar-refractivity contribution in [3.05, 3.63) is 0 Å². The summed E-state index contributed by atoms with van der Waals surface area (Å²) in [7, 11) is -3.43. The van der Waals surface area contributed by atoms with Gasteiger partial charge in [0.1, 0.15) is 5.25 Å². The average Bonchev–Trinajstić information content (AvgIpc) is 2.11. The number of nitrogens with zero attached hydrogens (tertiary/aromatic N) is 1. The second-order valence-electron chi connectivity index (χ2n) is 4.65. The van der Waals surface area contributed by atoms with Gasteiger partial charge in [-0.25, -0.2) is 8.42 Å². The highest BCUT2D eigenvalue weighted by molar-refractivity contribution is 7.92. The number of hydrogen-bond donors (Lipinski definition) is 1. The summed E-state index contributed by atoms with van der Waals surface area (Å²) in [5, 5.41) is -0.802. The molecule has 0 rings (SSSR count). The van der Waals surface area contributed by atoms with Gasteiger partial charge in [0.25, 0.3) is 0 Å². The van der Waals surface area contributed by atoms with E-state index in [1.807, 2.05) is 27.7 Å². The van der Waals surface area contributed by atoms with Crippen LogP contribution in [0, 0.1) is 5.92 Å². The van der Waals surface area contributed by atoms with Crippen molar-refractivity contribution in [3.63, 3.8) is 0 Å². The summed E-state index contributed by atoms with van der Waals surface area (Å²) in [6.45, 7) is 9.70. The summed E-state index contributed by atoms with van der Waals surface area (Å²) < 4.78 is 25.9. The highest BCUT2D eigenvalue weighted by Gasteiger charge is 2.32. The Balaban J connectivity index is 5.13. The maximum atomic E-state index is 12.2. The Hall–Kier alpha value is -0.200. The summed E-state index contributed by atoms with van der Waals surface area (Å²) >= 11 is 4.76. The van der Waals surface area contributed by atoms with Crippen molar-refractivity contribution in [2.24, 2.45) is 11.7 Å². The number of rotatable bonds is 6. The van der Waals surface area contributed by atoms with E-state index >= 15 is 0 Å². The van der Waals surface area contributed by atoms with E-state index in [2.05, 4.69) is 0 Å². The summed E-state index contributed by atoms with van der Waals surface area (Å²) in [6.07, 6.45) is 0. The minimum atomic E-state index is -3.43. The van der Waals surface area contributed by atoms with Gasteiger partial charge in [0, 0.05) is 12.6 Å². The fourth-order valence-corrected chi connectivity index (χ4v) is 3.48. The van der Waals surface area contributed by atoms with Gasteiger partial charge in [-0.05, 0) is 26.7 Å². The molecule has 0 spiro atoms. The van der Waals surface area contributed by atoms with Crippen LogP contribution in [0.4, 0.5) is 0 Å². The number of nitrogens with two attached hydrogens (primary N) is 1. The Kier molecular flexibility index (Phi) is 5.86. The molecule has 0 aliphatic rings. The molecule has 96 valence electrons. The summed E-state index contributed by atoms with van der Waals surface area (Å²) in [4.78, 5) is 0.0226. The second-order valence-corrected chi connectivity index (χ2v) is 7.32. The van der Waals surface area contributed by atoms with Gasteiger partial charge < -0.3 is 5.73 Å². The molecule has 0 aromatic carbocycles. The maximum Gasteiger partial charge on any atom is 0.223 e. The molecule has 6 heteroatoms. The van der Waals surface area contributed by atoms with Crippen molar-refractivity contribution >= 4 is 27.2 Å². The molecule has 0 radical (unpaired) electrons. The quantitative estimate of drug-likeness (QED) is 0.737. The van der Waals surface area contributed by atoms with Crippen molar-refractivity contribution in [3.8, 4) is 0 Å². The monoisotopic (exact) mass is 266 g/mol. The van der Waals surface area contributed by atoms with Gasteiger partial charge >= 0.3 is 0 Å². The Morgan fingerprint density at radius 2 is 1.69 bits per heavy atom. The lowest BCUT2D eigenvalue weighted by Gasteiger charge is -2.30. The van der Waals surface area contributed by atoms with Crippen LogP contribution in [0.25, 0.3) is 0 Å². The van der Waals surface area contributed by atoms with Crippen LogP contribution in [0.3, 0.4) is 0 Å². The zero-order valence-corrected chi connectivity index (χ0v) is 12.2. The summed E-state index contributed by atoms with van der Waals surface area (Å²) in [6, 6.07) is -0.0794. The van der Waals surface area contributed by atoms with Crippen LogP contribution in [-0.2, 0) is 10.0 Å². The van der Waals surface area contributed by atoms with Crippen LogP contribution in [0.15, 0.2) is 0 Å². The van der Waals surface area contributed by atoms with E-state index in [1.165, 1.54) is 11.2 Å². The van der Waals surface area contributed by atoms with Gasteiger partial charge in [-0.3, -0.25) is 0 Å². The lowest BCUT2D eigenvalue weighted by atomic mass is 10.2. The van der Waals surface area contributed by atoms with Gasteiger partial charge in [-0.2, -0.15) is 4.31 Å². The zero-order chi connectivity index (χ0) is 13.1. The van der Waals surface area contributed by atoms with Gasteiger partial charge in [-0.1, -0.05) is 26.1 Å². The lowest BCUT2D eigenvalue weighted by Crippen LogP contribution is -2.47. The fourth-order valence-electron chi connectivity index (χ4n) is 1.32. The standard InChI is InChI=1S/C10H22N2O2S2/c1-7(2)6-12(8(3)4)16(13,14)9(5)10(11)15/h7-9H,6H2,1-5H3,(H2,11,15). The lowest BCUT2D eigenvalue weighted by molar-refractivity contribution is 0.318. The fraction of sp³-hybridized carbons (Fsp3) is 0.900. The Morgan fingerprint density at radius 1 is 1.25 bits per heavy atom. The maximum absolute atomic E-state index is 12.2. The van der Waals surface area contributed by atoms with Crippen molar-refractivity contribution < 1.29 is 8.42 Å². The molecule has 0 amide bonds. The largest absolute Gasteiger partial charge is 0.392 e. The van der Waals surface area contributed by atoms with Crippen LogP contribution in [0.1, 0.15) is 34.6 Å². The third-order valence-corrected chi connectivity index (χ3v) is 5.17. The predicted octanol–water partition coefficient (Wildman–Crippen LogP) is 1.36. The molecule has 0 saturated carbocycles. The van der Waals surface area contributed by atoms with Crippen LogP contribution < -0.4 is 5.73 Å². The van der Waals surface area contributed by atoms with E-state index in [0.717, 1.165) is 0 Å². The minimum Gasteiger partial charge on any atom is -0.392 e. The van der Waals surface area contributed by atoms with Crippen molar-refractivity contribution in [2.75, 3.05) is 6.54 Å². The van der Waals surface area contributed by atoms with E-state index in [1.54, 1.807) is 0 Å². The van der Waals surface area contributed by atoms with E-state index in [-0.39, 0.29) is 16.9 Å². The molecular weight excluding hydrogens is 244 g/mol. The van der Waals surface area contributed by atoms with E-state index in [0.29, 0.717) is 6.54 Å². The van der Waals surface area contributed by atoms with E-state index in [9.17, 15) is 8.42 Å². The molecule has 0 aliphatic carbocycles. The van der Waals surface area contributed by atoms with Crippen LogP contribution >= 0.6 is 12.2 Å². The van der Waals surface area contributed by atoms with E-state index < -0.39 is 15.3 Å². The first kappa shape index (κ1) is 15.8. The van der Waals surface area contributed by atoms with Crippen molar-refractivity contribution in [2.45, 2.75) is 45.9 Å². The molecule has 0 aliphatic heterocycles. The first-order valence-corrected chi connectivity index (χ1v) is 7.31. The summed E-state index contributed by atoms with van der Waals surface area (Å²) in [5.74, 6) is 0.274. The molecule has 16 heavy (non-hydrogen) atoms. The van der Waals surface area contributed by atoms with Crippen molar-refractivity contribution in [1.29, 1.82) is 0 Å². The van der Waals surface area contributed by atoms with Crippen LogP contribution in [-0.4, -0.2) is 35.5 Å². The third-order valence-electron chi connectivity index (χ3n) is 2.30. The highest BCUT2D eigenvalue weighted by atomic mass is 32.2. The summed E-state index contributed by atoms with van der Waals surface area (Å²) in [5.41, 5.74) is 5.42. The van der Waals surface area contributed by atoms with Crippen LogP contribution in [0.2, 0.25) is 0 Å². The molecule has 0 saturated heterocycles. The second kappa shape index (κ2) is 5.93. The molecule has 0 heterocycles. The molecule has 1 unspecified atom stereocenters. The Labute approximate surface area is 104 Å². The molecule has 1 atom stereocenters. The molecule has 0 bridgehead atoms. The predicted molar refractivity (Wildman–Crippen MR) is 71.8 cm³/mol. The number of hydrogen-bond acceptors (Lipinski definition) is 3. The SMILES string of the molecule is CC(C)CN(C(C)C)S(=O)(=O)C(C)C(N)=S. The van der Waals surface area contributed by atoms with Crippen molar-refractivity contribution in [1.82, 2.24) is 4.31 Å². The highest BCUT2D eigenvalue weighted by Crippen LogP contribution is 2.15. The Morgan fingerprint density at radius 3 is 1.94 bits per heavy atom. The first-order valence-electron chi connectivity index (χ1n) is 5.40. The topological polar surface area (TPSA) is 63.4 Å². The molecule has 0 aromatic heterocycles. The normalized spacial score (nSPS) is 14.8. The molecule has 2 N–H and O–H groups in total. The molecular formula is C10H22N2O2S2. The molecule has 0 fully saturated rings. The number of sulfonamides is 1. The number of thiocarbonyl (C=S) groups is 1. The van der Waals surface area contributed by atoms with Gasteiger partial charge in [0.15, 0.2) is 0 Å². The minimum absolute atomic E-state index is 0.0226. The average molecular weight is 266 g/mol. The van der Waals surface area contributed by atoms with Crippen LogP contribution in [0.5, 0.6) is 0 Å². The smallest absolute Gasteiger partial charge is 0.223 e.